The van der Waals surface area contributed by atoms with E-state index in [0.717, 1.165) is 16.7 Å². The molecule has 0 aliphatic rings. The van der Waals surface area contributed by atoms with Gasteiger partial charge in [-0.3, -0.25) is 0 Å². The Morgan fingerprint density at radius 3 is 1.79 bits per heavy atom. The lowest BCUT2D eigenvalue weighted by atomic mass is 9.84. The molecule has 2 rings (SSSR count). The molecule has 2 aromatic carbocycles. The average Bonchev–Trinajstić information content (AvgIpc) is 2.67. The van der Waals surface area contributed by atoms with Crippen molar-refractivity contribution in [1.29, 1.82) is 0 Å². The van der Waals surface area contributed by atoms with Gasteiger partial charge >= 0.3 is 8.60 Å². The molecule has 2 aromatic rings. The van der Waals surface area contributed by atoms with E-state index in [1.54, 1.807) is 6.07 Å². The van der Waals surface area contributed by atoms with Crippen molar-refractivity contribution in [2.24, 2.45) is 5.73 Å². The lowest BCUT2D eigenvalue weighted by Crippen LogP contribution is -2.50. The van der Waals surface area contributed by atoms with Gasteiger partial charge in [0.25, 0.3) is 0 Å². The highest BCUT2D eigenvalue weighted by molar-refractivity contribution is 7.39. The minimum atomic E-state index is -2.40. The standard InChI is InChI=1S/C16H19O3P.C4H11NO3/c1-16(2,3)14-11-13(12-7-5-4-6-8-12)9-10-15(14)19-20(17)18;5-4(1-6,2-7)3-8/h4-11,17-18H,1-3H3;6-8H,1-3,5H2. The maximum absolute atomic E-state index is 9.08. The SMILES string of the molecule is CC(C)(C)c1cc(-c2ccccc2)ccc1OP(O)O.NC(CO)(CO)CO. The quantitative estimate of drug-likeness (QED) is 0.400. The van der Waals surface area contributed by atoms with Gasteiger partial charge in [0.1, 0.15) is 5.75 Å². The highest BCUT2D eigenvalue weighted by atomic mass is 31.2. The van der Waals surface area contributed by atoms with Gasteiger partial charge in [-0.05, 0) is 28.7 Å². The van der Waals surface area contributed by atoms with E-state index >= 15 is 0 Å². The molecule has 0 spiro atoms. The van der Waals surface area contributed by atoms with Crippen LogP contribution in [0.3, 0.4) is 0 Å². The van der Waals surface area contributed by atoms with Crippen molar-refractivity contribution in [3.63, 3.8) is 0 Å². The first kappa shape index (κ1) is 24.5. The summed E-state index contributed by atoms with van der Waals surface area (Å²) in [6, 6.07) is 15.8. The second-order valence-corrected chi connectivity index (χ2v) is 8.20. The van der Waals surface area contributed by atoms with Gasteiger partial charge in [-0.1, -0.05) is 57.2 Å². The zero-order chi connectivity index (χ0) is 21.4. The largest absolute Gasteiger partial charge is 0.427 e. The van der Waals surface area contributed by atoms with Crippen LogP contribution < -0.4 is 10.3 Å². The molecule has 8 heteroatoms. The van der Waals surface area contributed by atoms with Crippen LogP contribution in [0.25, 0.3) is 11.1 Å². The number of nitrogens with two attached hydrogens (primary N) is 1. The van der Waals surface area contributed by atoms with Gasteiger partial charge in [0, 0.05) is 5.56 Å². The van der Waals surface area contributed by atoms with E-state index in [1.807, 2.05) is 42.5 Å². The summed E-state index contributed by atoms with van der Waals surface area (Å²) < 4.78 is 5.14. The van der Waals surface area contributed by atoms with Crippen molar-refractivity contribution < 1.29 is 29.6 Å². The molecule has 0 unspecified atom stereocenters. The van der Waals surface area contributed by atoms with Gasteiger partial charge in [0.05, 0.1) is 25.4 Å². The van der Waals surface area contributed by atoms with Gasteiger partial charge in [-0.25, -0.2) is 0 Å². The molecule has 0 atom stereocenters. The number of aliphatic hydroxyl groups is 3. The van der Waals surface area contributed by atoms with Crippen LogP contribution in [0.2, 0.25) is 0 Å². The first-order valence-corrected chi connectivity index (χ1v) is 9.90. The number of hydrogen-bond donors (Lipinski definition) is 6. The van der Waals surface area contributed by atoms with Crippen molar-refractivity contribution in [1.82, 2.24) is 0 Å². The monoisotopic (exact) mass is 411 g/mol. The predicted molar refractivity (Wildman–Crippen MR) is 111 cm³/mol. The Labute approximate surface area is 167 Å². The molecule has 0 heterocycles. The van der Waals surface area contributed by atoms with Crippen molar-refractivity contribution in [2.75, 3.05) is 19.8 Å². The number of benzene rings is 2. The lowest BCUT2D eigenvalue weighted by Gasteiger charge is -2.23. The average molecular weight is 411 g/mol. The van der Waals surface area contributed by atoms with E-state index in [1.165, 1.54) is 0 Å². The van der Waals surface area contributed by atoms with Gasteiger partial charge in [-0.2, -0.15) is 0 Å². The van der Waals surface area contributed by atoms with Crippen LogP contribution in [0.5, 0.6) is 5.75 Å². The van der Waals surface area contributed by atoms with Crippen LogP contribution in [0.4, 0.5) is 0 Å². The summed E-state index contributed by atoms with van der Waals surface area (Å²) in [5.74, 6) is 0.522. The maximum atomic E-state index is 9.08. The topological polar surface area (TPSA) is 136 Å². The van der Waals surface area contributed by atoms with Gasteiger partial charge in [-0.15, -0.1) is 0 Å². The third-order valence-electron chi connectivity index (χ3n) is 4.02. The van der Waals surface area contributed by atoms with Crippen LogP contribution >= 0.6 is 8.60 Å². The van der Waals surface area contributed by atoms with Crippen LogP contribution in [-0.2, 0) is 5.41 Å². The van der Waals surface area contributed by atoms with Crippen molar-refractivity contribution in [3.8, 4) is 16.9 Å². The maximum Gasteiger partial charge on any atom is 0.391 e. The molecular weight excluding hydrogens is 381 g/mol. The fourth-order valence-corrected chi connectivity index (χ4v) is 2.58. The third-order valence-corrected chi connectivity index (χ3v) is 4.38. The number of hydrogen-bond acceptors (Lipinski definition) is 7. The highest BCUT2D eigenvalue weighted by Gasteiger charge is 2.22. The van der Waals surface area contributed by atoms with E-state index in [4.69, 9.17) is 35.4 Å². The van der Waals surface area contributed by atoms with Gasteiger partial charge < -0.3 is 35.4 Å². The number of rotatable bonds is 6. The van der Waals surface area contributed by atoms with Crippen molar-refractivity contribution in [3.05, 3.63) is 54.1 Å². The Bertz CT molecular complexity index is 706. The lowest BCUT2D eigenvalue weighted by molar-refractivity contribution is 0.0697. The first-order chi connectivity index (χ1) is 13.1. The Kier molecular flexibility index (Phi) is 9.47. The normalized spacial score (nSPS) is 11.8. The molecule has 0 radical (unpaired) electrons. The predicted octanol–water partition coefficient (Wildman–Crippen LogP) is 1.90. The molecule has 7 N–H and O–H groups in total. The summed E-state index contributed by atoms with van der Waals surface area (Å²) in [4.78, 5) is 18.2. The number of aliphatic hydroxyl groups excluding tert-OH is 3. The summed E-state index contributed by atoms with van der Waals surface area (Å²) in [6.07, 6.45) is 0. The second-order valence-electron chi connectivity index (χ2n) is 7.51. The molecule has 0 aliphatic heterocycles. The van der Waals surface area contributed by atoms with E-state index in [0.29, 0.717) is 5.75 Å². The minimum absolute atomic E-state index is 0.147. The fraction of sp³-hybridized carbons (Fsp3) is 0.400. The molecule has 0 aromatic heterocycles. The summed E-state index contributed by atoms with van der Waals surface area (Å²) in [5.41, 5.74) is 6.95. The molecule has 0 bridgehead atoms. The second kappa shape index (κ2) is 10.8. The summed E-state index contributed by atoms with van der Waals surface area (Å²) in [7, 11) is -2.40. The fourth-order valence-electron chi connectivity index (χ4n) is 2.24. The van der Waals surface area contributed by atoms with E-state index in [-0.39, 0.29) is 5.41 Å². The summed E-state index contributed by atoms with van der Waals surface area (Å²) in [6.45, 7) is 5.00. The van der Waals surface area contributed by atoms with Crippen LogP contribution in [-0.4, -0.2) is 50.5 Å². The molecule has 28 heavy (non-hydrogen) atoms. The molecule has 7 nitrogen and oxygen atoms in total. The molecule has 0 saturated heterocycles. The molecule has 156 valence electrons. The van der Waals surface area contributed by atoms with Crippen LogP contribution in [0, 0.1) is 0 Å². The molecule has 0 aliphatic carbocycles. The van der Waals surface area contributed by atoms with Crippen molar-refractivity contribution >= 4 is 8.60 Å². The smallest absolute Gasteiger partial charge is 0.391 e. The molecule has 0 fully saturated rings. The summed E-state index contributed by atoms with van der Waals surface area (Å²) in [5, 5.41) is 25.0. The van der Waals surface area contributed by atoms with Crippen LogP contribution in [0.1, 0.15) is 26.3 Å². The molecule has 0 saturated carbocycles. The Morgan fingerprint density at radius 2 is 1.39 bits per heavy atom. The highest BCUT2D eigenvalue weighted by Crippen LogP contribution is 2.39. The van der Waals surface area contributed by atoms with Gasteiger partial charge in [0.2, 0.25) is 0 Å². The first-order valence-electron chi connectivity index (χ1n) is 8.73. The van der Waals surface area contributed by atoms with Crippen molar-refractivity contribution in [2.45, 2.75) is 31.7 Å². The zero-order valence-corrected chi connectivity index (χ0v) is 17.3. The Balaban J connectivity index is 0.000000416. The van der Waals surface area contributed by atoms with Gasteiger partial charge in [0.15, 0.2) is 0 Å². The third kappa shape index (κ3) is 7.45. The minimum Gasteiger partial charge on any atom is -0.427 e. The Hall–Kier alpha value is -1.57. The Morgan fingerprint density at radius 1 is 0.857 bits per heavy atom. The summed E-state index contributed by atoms with van der Waals surface area (Å²) >= 11 is 0. The van der Waals surface area contributed by atoms with E-state index < -0.39 is 34.0 Å². The zero-order valence-electron chi connectivity index (χ0n) is 16.4. The molecular formula is C20H30NO6P. The van der Waals surface area contributed by atoms with E-state index in [9.17, 15) is 0 Å². The van der Waals surface area contributed by atoms with Crippen LogP contribution in [0.15, 0.2) is 48.5 Å². The van der Waals surface area contributed by atoms with E-state index in [2.05, 4.69) is 20.8 Å². The molecule has 0 amide bonds.